The number of para-hydroxylation sites is 1. The van der Waals surface area contributed by atoms with E-state index in [4.69, 9.17) is 12.2 Å². The molecule has 4 nitrogen and oxygen atoms in total. The van der Waals surface area contributed by atoms with E-state index in [1.54, 1.807) is 6.07 Å². The Morgan fingerprint density at radius 3 is 2.77 bits per heavy atom. The Morgan fingerprint density at radius 2 is 2.00 bits per heavy atom. The summed E-state index contributed by atoms with van der Waals surface area (Å²) in [4.78, 5) is 16.5. The van der Waals surface area contributed by atoms with Crippen molar-refractivity contribution in [2.24, 2.45) is 0 Å². The second kappa shape index (κ2) is 6.21. The van der Waals surface area contributed by atoms with Crippen LogP contribution in [0.1, 0.15) is 15.9 Å². The molecule has 1 heterocycles. The van der Waals surface area contributed by atoms with Crippen LogP contribution in [0.4, 0.5) is 5.13 Å². The molecule has 0 aliphatic heterocycles. The topological polar surface area (TPSA) is 54.0 Å². The summed E-state index contributed by atoms with van der Waals surface area (Å²) in [5.74, 6) is -0.234. The summed E-state index contributed by atoms with van der Waals surface area (Å²) in [5, 5.41) is 6.52. The summed E-state index contributed by atoms with van der Waals surface area (Å²) in [6.07, 6.45) is 0. The number of aromatic nitrogens is 1. The van der Waals surface area contributed by atoms with Gasteiger partial charge in [0.15, 0.2) is 10.2 Å². The molecular weight excluding hydrogens is 314 g/mol. The lowest BCUT2D eigenvalue weighted by Gasteiger charge is -2.07. The third-order valence-corrected chi connectivity index (χ3v) is 4.18. The van der Waals surface area contributed by atoms with Crippen molar-refractivity contribution in [3.8, 4) is 0 Å². The van der Waals surface area contributed by atoms with Gasteiger partial charge in [-0.05, 0) is 43.4 Å². The number of fused-ring (bicyclic) bond motifs is 1. The summed E-state index contributed by atoms with van der Waals surface area (Å²) in [6, 6.07) is 15.2. The normalized spacial score (nSPS) is 10.4. The molecule has 2 aromatic carbocycles. The number of amides is 1. The molecule has 0 bridgehead atoms. The molecule has 110 valence electrons. The van der Waals surface area contributed by atoms with Crippen molar-refractivity contribution in [3.63, 3.8) is 0 Å². The van der Waals surface area contributed by atoms with E-state index in [-0.39, 0.29) is 11.0 Å². The fourth-order valence-corrected chi connectivity index (χ4v) is 3.14. The molecule has 6 heteroatoms. The molecule has 0 radical (unpaired) electrons. The van der Waals surface area contributed by atoms with Crippen molar-refractivity contribution in [1.29, 1.82) is 0 Å². The maximum atomic E-state index is 12.1. The van der Waals surface area contributed by atoms with Crippen LogP contribution in [-0.2, 0) is 0 Å². The van der Waals surface area contributed by atoms with Crippen LogP contribution in [0.25, 0.3) is 10.2 Å². The van der Waals surface area contributed by atoms with Gasteiger partial charge < -0.3 is 5.32 Å². The number of thiazole rings is 1. The standard InChI is InChI=1S/C16H13N3OS2/c1-10-5-4-6-11(9-10)14(20)18-15(21)19-16-17-12-7-2-3-8-13(12)22-16/h2-9H,1H3,(H2,17,18,19,20,21). The second-order valence-electron chi connectivity index (χ2n) is 4.76. The van der Waals surface area contributed by atoms with Gasteiger partial charge in [0.05, 0.1) is 10.2 Å². The fourth-order valence-electron chi connectivity index (χ4n) is 2.02. The van der Waals surface area contributed by atoms with Crippen molar-refractivity contribution in [2.75, 3.05) is 5.32 Å². The van der Waals surface area contributed by atoms with Crippen LogP contribution in [0.2, 0.25) is 0 Å². The molecule has 3 aromatic rings. The second-order valence-corrected chi connectivity index (χ2v) is 6.20. The molecule has 2 N–H and O–H groups in total. The third kappa shape index (κ3) is 3.29. The number of carbonyl (C=O) groups excluding carboxylic acids is 1. The van der Waals surface area contributed by atoms with Crippen molar-refractivity contribution >= 4 is 49.9 Å². The van der Waals surface area contributed by atoms with E-state index < -0.39 is 0 Å². The minimum Gasteiger partial charge on any atom is -0.308 e. The van der Waals surface area contributed by atoms with Crippen LogP contribution < -0.4 is 10.6 Å². The van der Waals surface area contributed by atoms with Gasteiger partial charge in [-0.3, -0.25) is 10.1 Å². The average Bonchev–Trinajstić information content (AvgIpc) is 2.89. The van der Waals surface area contributed by atoms with Gasteiger partial charge in [-0.15, -0.1) is 0 Å². The lowest BCUT2D eigenvalue weighted by molar-refractivity contribution is 0.0977. The number of rotatable bonds is 2. The Hall–Kier alpha value is -2.31. The highest BCUT2D eigenvalue weighted by Gasteiger charge is 2.10. The van der Waals surface area contributed by atoms with Crippen molar-refractivity contribution in [3.05, 3.63) is 59.7 Å². The summed E-state index contributed by atoms with van der Waals surface area (Å²) >= 11 is 6.66. The number of carbonyl (C=O) groups is 1. The van der Waals surface area contributed by atoms with Gasteiger partial charge in [0.25, 0.3) is 5.91 Å². The van der Waals surface area contributed by atoms with Gasteiger partial charge in [-0.2, -0.15) is 0 Å². The quantitative estimate of drug-likeness (QED) is 0.704. The smallest absolute Gasteiger partial charge is 0.257 e. The van der Waals surface area contributed by atoms with Gasteiger partial charge >= 0.3 is 0 Å². The third-order valence-electron chi connectivity index (χ3n) is 3.02. The van der Waals surface area contributed by atoms with E-state index in [0.717, 1.165) is 15.8 Å². The van der Waals surface area contributed by atoms with Gasteiger partial charge in [-0.1, -0.05) is 41.2 Å². The highest BCUT2D eigenvalue weighted by atomic mass is 32.1. The molecule has 1 amide bonds. The first kappa shape index (κ1) is 14.6. The molecule has 1 aromatic heterocycles. The summed E-state index contributed by atoms with van der Waals surface area (Å²) in [7, 11) is 0. The van der Waals surface area contributed by atoms with Crippen LogP contribution in [0.3, 0.4) is 0 Å². The van der Waals surface area contributed by atoms with Gasteiger partial charge in [0.2, 0.25) is 0 Å². The van der Waals surface area contributed by atoms with Crippen LogP contribution in [0, 0.1) is 6.92 Å². The Morgan fingerprint density at radius 1 is 1.18 bits per heavy atom. The largest absolute Gasteiger partial charge is 0.308 e. The van der Waals surface area contributed by atoms with Crippen LogP contribution in [-0.4, -0.2) is 16.0 Å². The maximum Gasteiger partial charge on any atom is 0.257 e. The predicted octanol–water partition coefficient (Wildman–Crippen LogP) is 3.73. The number of thiocarbonyl (C=S) groups is 1. The van der Waals surface area contributed by atoms with Gasteiger partial charge in [0, 0.05) is 5.56 Å². The highest BCUT2D eigenvalue weighted by molar-refractivity contribution is 7.80. The van der Waals surface area contributed by atoms with Crippen molar-refractivity contribution < 1.29 is 4.79 Å². The SMILES string of the molecule is Cc1cccc(C(=O)NC(=S)Nc2nc3ccccc3s2)c1. The molecule has 0 aliphatic carbocycles. The minimum atomic E-state index is -0.234. The number of anilines is 1. The molecule has 3 rings (SSSR count). The predicted molar refractivity (Wildman–Crippen MR) is 94.5 cm³/mol. The lowest BCUT2D eigenvalue weighted by Crippen LogP contribution is -2.34. The molecule has 22 heavy (non-hydrogen) atoms. The summed E-state index contributed by atoms with van der Waals surface area (Å²) in [5.41, 5.74) is 2.51. The maximum absolute atomic E-state index is 12.1. The lowest BCUT2D eigenvalue weighted by atomic mass is 10.1. The molecule has 0 saturated heterocycles. The monoisotopic (exact) mass is 327 g/mol. The number of hydrogen-bond donors (Lipinski definition) is 2. The van der Waals surface area contributed by atoms with E-state index in [1.807, 2.05) is 49.4 Å². The zero-order chi connectivity index (χ0) is 15.5. The van der Waals surface area contributed by atoms with Crippen molar-refractivity contribution in [2.45, 2.75) is 6.92 Å². The van der Waals surface area contributed by atoms with Crippen molar-refractivity contribution in [1.82, 2.24) is 10.3 Å². The average molecular weight is 327 g/mol. The first-order valence-electron chi connectivity index (χ1n) is 6.66. The van der Waals surface area contributed by atoms with E-state index in [9.17, 15) is 4.79 Å². The Balaban J connectivity index is 1.68. The number of hydrogen-bond acceptors (Lipinski definition) is 4. The zero-order valence-corrected chi connectivity index (χ0v) is 13.4. The number of aryl methyl sites for hydroxylation is 1. The first-order chi connectivity index (χ1) is 10.6. The van der Waals surface area contributed by atoms with E-state index in [1.165, 1.54) is 11.3 Å². The Labute approximate surface area is 137 Å². The zero-order valence-electron chi connectivity index (χ0n) is 11.8. The molecule has 0 fully saturated rings. The molecule has 0 aliphatic rings. The molecule has 0 spiro atoms. The van der Waals surface area contributed by atoms with E-state index >= 15 is 0 Å². The minimum absolute atomic E-state index is 0.234. The van der Waals surface area contributed by atoms with E-state index in [0.29, 0.717) is 10.7 Å². The van der Waals surface area contributed by atoms with Gasteiger partial charge in [0.1, 0.15) is 0 Å². The highest BCUT2D eigenvalue weighted by Crippen LogP contribution is 2.25. The number of benzene rings is 2. The van der Waals surface area contributed by atoms with Crippen LogP contribution >= 0.6 is 23.6 Å². The summed E-state index contributed by atoms with van der Waals surface area (Å²) < 4.78 is 1.07. The van der Waals surface area contributed by atoms with Gasteiger partial charge in [-0.25, -0.2) is 4.98 Å². The van der Waals surface area contributed by atoms with E-state index in [2.05, 4.69) is 15.6 Å². The Kier molecular flexibility index (Phi) is 4.13. The molecule has 0 saturated carbocycles. The molecule has 0 unspecified atom stereocenters. The summed E-state index contributed by atoms with van der Waals surface area (Å²) in [6.45, 7) is 1.94. The number of nitrogens with zero attached hydrogens (tertiary/aromatic N) is 1. The Bertz CT molecular complexity index is 824. The fraction of sp³-hybridized carbons (Fsp3) is 0.0625. The first-order valence-corrected chi connectivity index (χ1v) is 7.89. The number of nitrogens with one attached hydrogen (secondary N) is 2. The molecule has 0 atom stereocenters. The van der Waals surface area contributed by atoms with Crippen LogP contribution in [0.5, 0.6) is 0 Å². The van der Waals surface area contributed by atoms with Crippen LogP contribution in [0.15, 0.2) is 48.5 Å². The molecular formula is C16H13N3OS2.